The largest absolute Gasteiger partial charge is 0.508 e. The lowest BCUT2D eigenvalue weighted by Gasteiger charge is -2.20. The number of phenolic OH excluding ortho intramolecular Hbond substituents is 1. The molecule has 1 aliphatic heterocycles. The van der Waals surface area contributed by atoms with Crippen LogP contribution in [0.25, 0.3) is 0 Å². The Kier molecular flexibility index (Phi) is 5.42. The van der Waals surface area contributed by atoms with Crippen LogP contribution in [-0.2, 0) is 21.2 Å². The van der Waals surface area contributed by atoms with E-state index in [1.807, 2.05) is 24.3 Å². The Balaban J connectivity index is 1.57. The molecule has 9 heteroatoms. The van der Waals surface area contributed by atoms with E-state index >= 15 is 0 Å². The lowest BCUT2D eigenvalue weighted by atomic mass is 10.1. The highest BCUT2D eigenvalue weighted by Gasteiger charge is 2.27. The smallest absolute Gasteiger partial charge is 0.322 e. The summed E-state index contributed by atoms with van der Waals surface area (Å²) in [5.74, 6) is -0.0158. The first-order valence-electron chi connectivity index (χ1n) is 8.94. The Morgan fingerprint density at radius 3 is 2.43 bits per heavy atom. The van der Waals surface area contributed by atoms with Crippen molar-refractivity contribution in [1.29, 1.82) is 0 Å². The van der Waals surface area contributed by atoms with E-state index in [9.17, 15) is 23.4 Å². The minimum absolute atomic E-state index is 0.0431. The van der Waals surface area contributed by atoms with Crippen LogP contribution in [0.3, 0.4) is 0 Å². The highest BCUT2D eigenvalue weighted by molar-refractivity contribution is 7.99. The van der Waals surface area contributed by atoms with Crippen LogP contribution in [0.4, 0.5) is 0 Å². The lowest BCUT2D eigenvalue weighted by Crippen LogP contribution is -2.42. The summed E-state index contributed by atoms with van der Waals surface area (Å²) >= 11 is 1.38. The van der Waals surface area contributed by atoms with Crippen molar-refractivity contribution in [2.75, 3.05) is 0 Å². The molecule has 0 spiro atoms. The second-order valence-electron chi connectivity index (χ2n) is 6.64. The van der Waals surface area contributed by atoms with Crippen molar-refractivity contribution in [3.8, 4) is 17.2 Å². The Hall–Kier alpha value is -3.01. The van der Waals surface area contributed by atoms with Gasteiger partial charge in [-0.05, 0) is 54.4 Å². The third kappa shape index (κ3) is 4.28. The van der Waals surface area contributed by atoms with Crippen molar-refractivity contribution in [1.82, 2.24) is 4.72 Å². The Morgan fingerprint density at radius 1 is 1.00 bits per heavy atom. The quantitative estimate of drug-likeness (QED) is 0.417. The van der Waals surface area contributed by atoms with Crippen LogP contribution in [0.1, 0.15) is 5.56 Å². The molecule has 0 amide bonds. The molecule has 0 aliphatic carbocycles. The fourth-order valence-corrected chi connectivity index (χ4v) is 5.26. The summed E-state index contributed by atoms with van der Waals surface area (Å²) in [6, 6.07) is 16.4. The number of hydrogen-bond donors (Lipinski definition) is 3. The maximum Gasteiger partial charge on any atom is 0.322 e. The van der Waals surface area contributed by atoms with Gasteiger partial charge in [0.2, 0.25) is 10.0 Å². The van der Waals surface area contributed by atoms with Gasteiger partial charge in [-0.3, -0.25) is 4.79 Å². The minimum atomic E-state index is -4.09. The van der Waals surface area contributed by atoms with Crippen molar-refractivity contribution in [3.63, 3.8) is 0 Å². The zero-order valence-electron chi connectivity index (χ0n) is 15.5. The molecule has 0 fully saturated rings. The first kappa shape index (κ1) is 20.3. The number of rotatable bonds is 6. The normalized spacial score (nSPS) is 13.6. The maximum absolute atomic E-state index is 12.9. The molecule has 0 radical (unpaired) electrons. The van der Waals surface area contributed by atoms with Crippen molar-refractivity contribution < 1.29 is 28.2 Å². The number of carbonyl (C=O) groups is 1. The van der Waals surface area contributed by atoms with Crippen LogP contribution in [0.15, 0.2) is 81.4 Å². The Labute approximate surface area is 177 Å². The highest BCUT2D eigenvalue weighted by atomic mass is 32.2. The summed E-state index contributed by atoms with van der Waals surface area (Å²) in [4.78, 5) is 13.1. The average Bonchev–Trinajstić information content (AvgIpc) is 2.72. The van der Waals surface area contributed by atoms with Crippen molar-refractivity contribution in [3.05, 3.63) is 72.3 Å². The predicted molar refractivity (Wildman–Crippen MR) is 111 cm³/mol. The molecule has 30 heavy (non-hydrogen) atoms. The third-order valence-electron chi connectivity index (χ3n) is 4.49. The number of aliphatic carboxylic acids is 1. The van der Waals surface area contributed by atoms with Gasteiger partial charge in [0.15, 0.2) is 0 Å². The number of phenols is 1. The van der Waals surface area contributed by atoms with Gasteiger partial charge in [0, 0.05) is 0 Å². The molecular weight excluding hydrogens is 426 g/mol. The average molecular weight is 444 g/mol. The number of sulfonamides is 1. The maximum atomic E-state index is 12.9. The van der Waals surface area contributed by atoms with Crippen LogP contribution in [-0.4, -0.2) is 30.6 Å². The zero-order valence-corrected chi connectivity index (χ0v) is 17.1. The van der Waals surface area contributed by atoms with Gasteiger partial charge in [-0.1, -0.05) is 36.0 Å². The van der Waals surface area contributed by atoms with E-state index in [2.05, 4.69) is 4.72 Å². The second-order valence-corrected chi connectivity index (χ2v) is 9.44. The first-order chi connectivity index (χ1) is 14.3. The summed E-state index contributed by atoms with van der Waals surface area (Å²) in [6.45, 7) is 0. The molecule has 1 heterocycles. The van der Waals surface area contributed by atoms with Gasteiger partial charge in [-0.15, -0.1) is 0 Å². The Bertz CT molecular complexity index is 1210. The number of benzene rings is 3. The van der Waals surface area contributed by atoms with Crippen LogP contribution >= 0.6 is 11.8 Å². The molecule has 4 rings (SSSR count). The van der Waals surface area contributed by atoms with E-state index in [1.54, 1.807) is 18.2 Å². The molecule has 3 N–H and O–H groups in total. The molecule has 7 nitrogen and oxygen atoms in total. The van der Waals surface area contributed by atoms with E-state index in [-0.39, 0.29) is 17.1 Å². The van der Waals surface area contributed by atoms with E-state index in [4.69, 9.17) is 4.74 Å². The van der Waals surface area contributed by atoms with Gasteiger partial charge < -0.3 is 14.9 Å². The number of nitrogens with one attached hydrogen (secondary N) is 1. The minimum Gasteiger partial charge on any atom is -0.508 e. The topological polar surface area (TPSA) is 113 Å². The van der Waals surface area contributed by atoms with Crippen LogP contribution < -0.4 is 9.46 Å². The molecule has 1 atom stereocenters. The number of carboxylic acids is 1. The number of ether oxygens (including phenoxy) is 1. The van der Waals surface area contributed by atoms with Crippen molar-refractivity contribution >= 4 is 27.8 Å². The fourth-order valence-electron chi connectivity index (χ4n) is 2.98. The summed E-state index contributed by atoms with van der Waals surface area (Å²) in [7, 11) is -4.09. The monoisotopic (exact) mass is 443 g/mol. The summed E-state index contributed by atoms with van der Waals surface area (Å²) in [5, 5.41) is 18.9. The number of fused-ring (bicyclic) bond motifs is 2. The molecule has 3 aromatic carbocycles. The van der Waals surface area contributed by atoms with Gasteiger partial charge in [0.25, 0.3) is 0 Å². The van der Waals surface area contributed by atoms with Crippen LogP contribution in [0.2, 0.25) is 0 Å². The Morgan fingerprint density at radius 2 is 1.70 bits per heavy atom. The van der Waals surface area contributed by atoms with Gasteiger partial charge in [-0.25, -0.2) is 8.42 Å². The number of para-hydroxylation sites is 1. The first-order valence-corrected chi connectivity index (χ1v) is 11.2. The van der Waals surface area contributed by atoms with E-state index in [1.165, 1.54) is 36.0 Å². The van der Waals surface area contributed by atoms with E-state index in [0.717, 1.165) is 4.90 Å². The molecule has 3 aromatic rings. The molecule has 0 saturated heterocycles. The van der Waals surface area contributed by atoms with Gasteiger partial charge in [0.1, 0.15) is 23.3 Å². The number of carboxylic acid groups (broad SMARTS) is 1. The highest BCUT2D eigenvalue weighted by Crippen LogP contribution is 2.47. The lowest BCUT2D eigenvalue weighted by molar-refractivity contribution is -0.138. The molecular formula is C21H17NO6S2. The number of aromatic hydroxyl groups is 1. The van der Waals surface area contributed by atoms with Crippen molar-refractivity contribution in [2.24, 2.45) is 0 Å². The summed E-state index contributed by atoms with van der Waals surface area (Å²) in [5.41, 5.74) is 0.578. The van der Waals surface area contributed by atoms with Crippen LogP contribution in [0.5, 0.6) is 17.2 Å². The standard InChI is InChI=1S/C21H17NO6S2/c23-14-7-5-13(6-8-14)11-16(21(24)25)22-30(26,27)15-9-10-18-20(12-15)29-19-4-2-1-3-17(19)28-18/h1-10,12,16,22-23H,11H2,(H,24,25)/t16-/m0/s1. The van der Waals surface area contributed by atoms with Crippen molar-refractivity contribution in [2.45, 2.75) is 27.1 Å². The number of hydrogen-bond acceptors (Lipinski definition) is 6. The molecule has 1 aliphatic rings. The van der Waals surface area contributed by atoms with Gasteiger partial charge in [0.05, 0.1) is 14.7 Å². The van der Waals surface area contributed by atoms with E-state index in [0.29, 0.717) is 22.0 Å². The SMILES string of the molecule is O=C(O)[C@H](Cc1ccc(O)cc1)NS(=O)(=O)c1ccc2c(c1)Sc1ccccc1O2. The molecule has 0 unspecified atom stereocenters. The fraction of sp³-hybridized carbons (Fsp3) is 0.0952. The molecule has 0 bridgehead atoms. The molecule has 154 valence electrons. The van der Waals surface area contributed by atoms with Gasteiger partial charge >= 0.3 is 5.97 Å². The molecule has 0 aromatic heterocycles. The van der Waals surface area contributed by atoms with E-state index < -0.39 is 22.0 Å². The summed E-state index contributed by atoms with van der Waals surface area (Å²) in [6.07, 6.45) is -0.0645. The molecule has 0 saturated carbocycles. The van der Waals surface area contributed by atoms with Crippen LogP contribution in [0, 0.1) is 0 Å². The zero-order chi connectivity index (χ0) is 21.3. The predicted octanol–water partition coefficient (Wildman–Crippen LogP) is 3.62. The van der Waals surface area contributed by atoms with Gasteiger partial charge in [-0.2, -0.15) is 4.72 Å². The second kappa shape index (κ2) is 8.02. The summed E-state index contributed by atoms with van der Waals surface area (Å²) < 4.78 is 33.8. The third-order valence-corrected chi connectivity index (χ3v) is 7.05.